The highest BCUT2D eigenvalue weighted by molar-refractivity contribution is 5.93. The first-order valence-corrected chi connectivity index (χ1v) is 5.36. The van der Waals surface area contributed by atoms with Crippen molar-refractivity contribution in [3.63, 3.8) is 0 Å². The molecule has 6 heteroatoms. The second-order valence-corrected chi connectivity index (χ2v) is 3.90. The Morgan fingerprint density at radius 3 is 3.06 bits per heavy atom. The molecule has 0 saturated heterocycles. The number of carbonyl (C=O) groups excluding carboxylic acids is 1. The molecule has 2 aromatic heterocycles. The summed E-state index contributed by atoms with van der Waals surface area (Å²) in [6.07, 6.45) is 2.97. The van der Waals surface area contributed by atoms with Gasteiger partial charge in [0.15, 0.2) is 0 Å². The number of hydrazine groups is 1. The van der Waals surface area contributed by atoms with E-state index in [4.69, 9.17) is 10.3 Å². The number of furan rings is 1. The number of aromatic nitrogens is 1. The molecule has 0 aromatic carbocycles. The number of rotatable bonds is 3. The molecule has 3 N–H and O–H groups in total. The molecular weight excluding hydrogens is 234 g/mol. The van der Waals surface area contributed by atoms with Crippen LogP contribution in [0.4, 0.5) is 0 Å². The zero-order chi connectivity index (χ0) is 13.1. The van der Waals surface area contributed by atoms with E-state index in [1.54, 1.807) is 31.3 Å². The van der Waals surface area contributed by atoms with Gasteiger partial charge in [-0.2, -0.15) is 0 Å². The topological polar surface area (TPSA) is 90.3 Å². The fourth-order valence-corrected chi connectivity index (χ4v) is 1.62. The lowest BCUT2D eigenvalue weighted by Gasteiger charge is -2.03. The maximum Gasteiger partial charge on any atom is 0.268 e. The van der Waals surface area contributed by atoms with Crippen LogP contribution in [0, 0.1) is 6.92 Å². The van der Waals surface area contributed by atoms with E-state index in [0.717, 1.165) is 0 Å². The third-order valence-corrected chi connectivity index (χ3v) is 2.58. The van der Waals surface area contributed by atoms with Gasteiger partial charge < -0.3 is 8.98 Å². The molecule has 2 heterocycles. The Hall–Kier alpha value is -2.34. The molecule has 0 aliphatic carbocycles. The minimum Gasteiger partial charge on any atom is -0.467 e. The van der Waals surface area contributed by atoms with E-state index in [0.29, 0.717) is 16.9 Å². The normalized spacial score (nSPS) is 10.3. The summed E-state index contributed by atoms with van der Waals surface area (Å²) in [5, 5.41) is 0. The monoisotopic (exact) mass is 247 g/mol. The quantitative estimate of drug-likeness (QED) is 0.466. The number of nitrogens with zero attached hydrogens (tertiary/aromatic N) is 1. The number of nitrogens with one attached hydrogen (secondary N) is 1. The smallest absolute Gasteiger partial charge is 0.268 e. The molecule has 0 spiro atoms. The molecule has 2 rings (SSSR count). The first kappa shape index (κ1) is 12.1. The van der Waals surface area contributed by atoms with Crippen molar-refractivity contribution < 1.29 is 9.21 Å². The van der Waals surface area contributed by atoms with E-state index in [-0.39, 0.29) is 12.1 Å². The third kappa shape index (κ3) is 2.33. The van der Waals surface area contributed by atoms with Gasteiger partial charge in [0.2, 0.25) is 0 Å². The summed E-state index contributed by atoms with van der Waals surface area (Å²) in [6, 6.07) is 5.08. The van der Waals surface area contributed by atoms with Crippen LogP contribution in [-0.4, -0.2) is 10.5 Å². The molecule has 0 aliphatic heterocycles. The molecular formula is C12H13N3O3. The minimum absolute atomic E-state index is 0.0845. The molecule has 1 amide bonds. The summed E-state index contributed by atoms with van der Waals surface area (Å²) in [4.78, 5) is 23.0. The van der Waals surface area contributed by atoms with Crippen molar-refractivity contribution in [2.75, 3.05) is 0 Å². The van der Waals surface area contributed by atoms with Gasteiger partial charge in [-0.05, 0) is 19.1 Å². The fraction of sp³-hybridized carbons (Fsp3) is 0.167. The standard InChI is InChI=1S/C12H13N3O3/c1-8-3-2-4-15(12(8)17)6-10-5-9(7-18-10)11(16)14-13/h2-5,7H,6,13H2,1H3,(H,14,16). The number of amides is 1. The van der Waals surface area contributed by atoms with E-state index in [1.165, 1.54) is 10.8 Å². The van der Waals surface area contributed by atoms with Gasteiger partial charge in [0.1, 0.15) is 12.0 Å². The summed E-state index contributed by atoms with van der Waals surface area (Å²) >= 11 is 0. The number of nitrogens with two attached hydrogens (primary N) is 1. The number of hydrogen-bond acceptors (Lipinski definition) is 4. The van der Waals surface area contributed by atoms with E-state index in [1.807, 2.05) is 5.43 Å². The summed E-state index contributed by atoms with van der Waals surface area (Å²) in [5.74, 6) is 5.10. The predicted octanol–water partition coefficient (Wildman–Crippen LogP) is 0.402. The molecule has 2 aromatic rings. The lowest BCUT2D eigenvalue weighted by Crippen LogP contribution is -2.29. The Labute approximate surface area is 103 Å². The Kier molecular flexibility index (Phi) is 3.29. The highest BCUT2D eigenvalue weighted by atomic mass is 16.3. The van der Waals surface area contributed by atoms with Crippen molar-refractivity contribution in [1.82, 2.24) is 9.99 Å². The van der Waals surface area contributed by atoms with Gasteiger partial charge in [-0.3, -0.25) is 15.0 Å². The van der Waals surface area contributed by atoms with Gasteiger partial charge >= 0.3 is 0 Å². The van der Waals surface area contributed by atoms with E-state index in [9.17, 15) is 9.59 Å². The number of carbonyl (C=O) groups is 1. The van der Waals surface area contributed by atoms with Crippen LogP contribution < -0.4 is 16.8 Å². The van der Waals surface area contributed by atoms with Crippen molar-refractivity contribution in [2.45, 2.75) is 13.5 Å². The van der Waals surface area contributed by atoms with Gasteiger partial charge in [-0.1, -0.05) is 6.07 Å². The average molecular weight is 247 g/mol. The van der Waals surface area contributed by atoms with Crippen LogP contribution in [0.25, 0.3) is 0 Å². The molecule has 0 unspecified atom stereocenters. The summed E-state index contributed by atoms with van der Waals surface area (Å²) in [7, 11) is 0. The number of nitrogen functional groups attached to an aromatic ring is 1. The molecule has 0 bridgehead atoms. The van der Waals surface area contributed by atoms with Gasteiger partial charge in [0.25, 0.3) is 11.5 Å². The number of hydrogen-bond donors (Lipinski definition) is 2. The third-order valence-electron chi connectivity index (χ3n) is 2.58. The van der Waals surface area contributed by atoms with E-state index >= 15 is 0 Å². The summed E-state index contributed by atoms with van der Waals surface area (Å²) < 4.78 is 6.72. The maximum absolute atomic E-state index is 11.8. The van der Waals surface area contributed by atoms with Crippen LogP contribution in [0.3, 0.4) is 0 Å². The lowest BCUT2D eigenvalue weighted by atomic mass is 10.3. The lowest BCUT2D eigenvalue weighted by molar-refractivity contribution is 0.0953. The first-order chi connectivity index (χ1) is 8.61. The fourth-order valence-electron chi connectivity index (χ4n) is 1.62. The largest absolute Gasteiger partial charge is 0.467 e. The van der Waals surface area contributed by atoms with Crippen molar-refractivity contribution in [1.29, 1.82) is 0 Å². The molecule has 0 saturated carbocycles. The van der Waals surface area contributed by atoms with Gasteiger partial charge in [0.05, 0.1) is 12.1 Å². The van der Waals surface area contributed by atoms with Crippen LogP contribution in [0.2, 0.25) is 0 Å². The second kappa shape index (κ2) is 4.89. The van der Waals surface area contributed by atoms with Crippen LogP contribution in [0.15, 0.2) is 39.9 Å². The van der Waals surface area contributed by atoms with Gasteiger partial charge in [-0.15, -0.1) is 0 Å². The molecule has 18 heavy (non-hydrogen) atoms. The molecule has 0 radical (unpaired) electrons. The van der Waals surface area contributed by atoms with Crippen molar-refractivity contribution >= 4 is 5.91 Å². The first-order valence-electron chi connectivity index (χ1n) is 5.36. The number of aryl methyl sites for hydroxylation is 1. The van der Waals surface area contributed by atoms with Crippen LogP contribution in [-0.2, 0) is 6.54 Å². The molecule has 94 valence electrons. The highest BCUT2D eigenvalue weighted by Crippen LogP contribution is 2.08. The van der Waals surface area contributed by atoms with Gasteiger partial charge in [0, 0.05) is 11.8 Å². The molecule has 0 aliphatic rings. The Morgan fingerprint density at radius 2 is 2.33 bits per heavy atom. The van der Waals surface area contributed by atoms with Gasteiger partial charge in [-0.25, -0.2) is 5.84 Å². The van der Waals surface area contributed by atoms with Crippen LogP contribution in [0.5, 0.6) is 0 Å². The van der Waals surface area contributed by atoms with Crippen molar-refractivity contribution in [3.8, 4) is 0 Å². The Bertz CT molecular complexity index is 627. The minimum atomic E-state index is -0.429. The SMILES string of the molecule is Cc1cccn(Cc2cc(C(=O)NN)co2)c1=O. The number of pyridine rings is 1. The van der Waals surface area contributed by atoms with Crippen molar-refractivity contribution in [3.05, 3.63) is 57.9 Å². The Balaban J connectivity index is 2.24. The average Bonchev–Trinajstić information content (AvgIpc) is 2.82. The Morgan fingerprint density at radius 1 is 1.56 bits per heavy atom. The summed E-state index contributed by atoms with van der Waals surface area (Å²) in [5.41, 5.74) is 2.91. The molecule has 0 atom stereocenters. The second-order valence-electron chi connectivity index (χ2n) is 3.90. The highest BCUT2D eigenvalue weighted by Gasteiger charge is 2.09. The van der Waals surface area contributed by atoms with Crippen molar-refractivity contribution in [2.24, 2.45) is 5.84 Å². The maximum atomic E-state index is 11.8. The van der Waals surface area contributed by atoms with E-state index in [2.05, 4.69) is 0 Å². The molecule has 6 nitrogen and oxygen atoms in total. The zero-order valence-electron chi connectivity index (χ0n) is 9.84. The van der Waals surface area contributed by atoms with Crippen LogP contribution in [0.1, 0.15) is 21.7 Å². The zero-order valence-corrected chi connectivity index (χ0v) is 9.84. The molecule has 0 fully saturated rings. The van der Waals surface area contributed by atoms with Crippen LogP contribution >= 0.6 is 0 Å². The predicted molar refractivity (Wildman–Crippen MR) is 64.9 cm³/mol. The summed E-state index contributed by atoms with van der Waals surface area (Å²) in [6.45, 7) is 2.02. The van der Waals surface area contributed by atoms with E-state index < -0.39 is 5.91 Å².